The van der Waals surface area contributed by atoms with Crippen molar-refractivity contribution in [2.45, 2.75) is 38.1 Å². The third-order valence-electron chi connectivity index (χ3n) is 4.19. The summed E-state index contributed by atoms with van der Waals surface area (Å²) in [5.74, 6) is 1.06. The maximum Gasteiger partial charge on any atom is 0.222 e. The molecule has 114 valence electrons. The lowest BCUT2D eigenvalue weighted by molar-refractivity contribution is -0.132. The van der Waals surface area contributed by atoms with Crippen molar-refractivity contribution in [3.63, 3.8) is 0 Å². The summed E-state index contributed by atoms with van der Waals surface area (Å²) in [5.41, 5.74) is 2.80. The van der Waals surface area contributed by atoms with Gasteiger partial charge in [0.2, 0.25) is 5.91 Å². The molecule has 1 aliphatic rings. The van der Waals surface area contributed by atoms with Gasteiger partial charge in [-0.15, -0.1) is 11.6 Å². The number of hydrogen-bond acceptors (Lipinski definition) is 3. The van der Waals surface area contributed by atoms with Crippen molar-refractivity contribution in [3.05, 3.63) is 11.5 Å². The Balaban J connectivity index is 2.15. The summed E-state index contributed by atoms with van der Waals surface area (Å²) < 4.78 is 4.03. The van der Waals surface area contributed by atoms with Gasteiger partial charge in [-0.05, 0) is 20.3 Å². The summed E-state index contributed by atoms with van der Waals surface area (Å²) in [6.07, 6.45) is 1.38. The van der Waals surface area contributed by atoms with Gasteiger partial charge in [-0.2, -0.15) is 5.10 Å². The first kappa shape index (κ1) is 14.4. The van der Waals surface area contributed by atoms with Gasteiger partial charge in [0.25, 0.3) is 0 Å². The van der Waals surface area contributed by atoms with E-state index in [9.17, 15) is 4.79 Å². The van der Waals surface area contributed by atoms with E-state index in [2.05, 4.69) is 9.67 Å². The smallest absolute Gasteiger partial charge is 0.222 e. The fourth-order valence-corrected chi connectivity index (χ4v) is 3.31. The Morgan fingerprint density at radius 1 is 1.38 bits per heavy atom. The van der Waals surface area contributed by atoms with E-state index in [1.165, 1.54) is 0 Å². The lowest BCUT2D eigenvalue weighted by Crippen LogP contribution is -2.38. The van der Waals surface area contributed by atoms with E-state index < -0.39 is 0 Å². The zero-order valence-electron chi connectivity index (χ0n) is 12.8. The number of rotatable bonds is 2. The highest BCUT2D eigenvalue weighted by molar-refractivity contribution is 6.20. The van der Waals surface area contributed by atoms with Crippen LogP contribution in [0.2, 0.25) is 0 Å². The molecule has 0 aromatic carbocycles. The second kappa shape index (κ2) is 5.02. The SMILES string of the molecule is Cc1nn(C)c2c1nc(C(C)Cl)n2C1CCC(=O)N(C)C1. The van der Waals surface area contributed by atoms with Crippen LogP contribution in [0.25, 0.3) is 11.2 Å². The van der Waals surface area contributed by atoms with Gasteiger partial charge in [-0.25, -0.2) is 4.98 Å². The lowest BCUT2D eigenvalue weighted by Gasteiger charge is -2.32. The largest absolute Gasteiger partial charge is 0.344 e. The van der Waals surface area contributed by atoms with Crippen LogP contribution >= 0.6 is 11.6 Å². The molecule has 0 saturated carbocycles. The van der Waals surface area contributed by atoms with Crippen LogP contribution in [0.5, 0.6) is 0 Å². The number of likely N-dealkylation sites (N-methyl/N-ethyl adjacent to an activating group) is 1. The zero-order valence-corrected chi connectivity index (χ0v) is 13.6. The van der Waals surface area contributed by atoms with Gasteiger partial charge in [0.05, 0.1) is 17.1 Å². The summed E-state index contributed by atoms with van der Waals surface area (Å²) in [7, 11) is 3.77. The minimum Gasteiger partial charge on any atom is -0.344 e. The number of fused-ring (bicyclic) bond motifs is 1. The van der Waals surface area contributed by atoms with Crippen LogP contribution in [0.1, 0.15) is 42.7 Å². The molecule has 1 saturated heterocycles. The Morgan fingerprint density at radius 2 is 2.10 bits per heavy atom. The molecular formula is C14H20ClN5O. The molecule has 21 heavy (non-hydrogen) atoms. The minimum atomic E-state index is -0.181. The number of nitrogens with zero attached hydrogens (tertiary/aromatic N) is 5. The van der Waals surface area contributed by atoms with E-state index >= 15 is 0 Å². The molecule has 1 amide bonds. The molecule has 0 bridgehead atoms. The fraction of sp³-hybridized carbons (Fsp3) is 0.643. The van der Waals surface area contributed by atoms with Crippen LogP contribution in [0.15, 0.2) is 0 Å². The van der Waals surface area contributed by atoms with Crippen LogP contribution in [0, 0.1) is 6.92 Å². The molecule has 7 heteroatoms. The minimum absolute atomic E-state index is 0.181. The number of amides is 1. The van der Waals surface area contributed by atoms with Crippen molar-refractivity contribution in [2.24, 2.45) is 7.05 Å². The summed E-state index contributed by atoms with van der Waals surface area (Å²) in [5, 5.41) is 4.27. The van der Waals surface area contributed by atoms with Gasteiger partial charge in [0.15, 0.2) is 5.65 Å². The van der Waals surface area contributed by atoms with E-state index in [1.54, 1.807) is 4.90 Å². The number of alkyl halides is 1. The number of likely N-dealkylation sites (tertiary alicyclic amines) is 1. The number of carbonyl (C=O) groups excluding carboxylic acids is 1. The predicted molar refractivity (Wildman–Crippen MR) is 81.4 cm³/mol. The van der Waals surface area contributed by atoms with E-state index in [4.69, 9.17) is 16.6 Å². The van der Waals surface area contributed by atoms with Crippen molar-refractivity contribution in [1.29, 1.82) is 0 Å². The average molecular weight is 310 g/mol. The third kappa shape index (κ3) is 2.21. The molecule has 3 heterocycles. The quantitative estimate of drug-likeness (QED) is 0.799. The lowest BCUT2D eigenvalue weighted by atomic mass is 10.1. The highest BCUT2D eigenvalue weighted by Crippen LogP contribution is 2.32. The molecule has 2 aromatic rings. The summed E-state index contributed by atoms with van der Waals surface area (Å²) >= 11 is 6.33. The van der Waals surface area contributed by atoms with Crippen LogP contribution in [-0.4, -0.2) is 43.7 Å². The number of aromatic nitrogens is 4. The van der Waals surface area contributed by atoms with E-state index in [0.29, 0.717) is 13.0 Å². The predicted octanol–water partition coefficient (Wildman–Crippen LogP) is 2.17. The molecule has 0 spiro atoms. The standard InChI is InChI=1S/C14H20ClN5O/c1-8(15)13-16-12-9(2)17-19(4)14(12)20(13)10-5-6-11(21)18(3)7-10/h8,10H,5-7H2,1-4H3. The van der Waals surface area contributed by atoms with Crippen molar-refractivity contribution >= 4 is 28.7 Å². The Hall–Kier alpha value is -1.56. The molecule has 0 radical (unpaired) electrons. The van der Waals surface area contributed by atoms with Gasteiger partial charge in [0.1, 0.15) is 11.3 Å². The normalized spacial score (nSPS) is 21.3. The molecule has 6 nitrogen and oxygen atoms in total. The van der Waals surface area contributed by atoms with Crippen molar-refractivity contribution < 1.29 is 4.79 Å². The number of imidazole rings is 1. The Kier molecular flexibility index (Phi) is 3.43. The number of halogens is 1. The molecule has 2 aromatic heterocycles. The first-order valence-electron chi connectivity index (χ1n) is 7.19. The molecule has 0 aliphatic carbocycles. The maximum atomic E-state index is 11.7. The highest BCUT2D eigenvalue weighted by atomic mass is 35.5. The number of piperidine rings is 1. The monoisotopic (exact) mass is 309 g/mol. The topological polar surface area (TPSA) is 56.0 Å². The molecule has 2 unspecified atom stereocenters. The van der Waals surface area contributed by atoms with Crippen LogP contribution < -0.4 is 0 Å². The van der Waals surface area contributed by atoms with Crippen molar-refractivity contribution in [1.82, 2.24) is 24.2 Å². The summed E-state index contributed by atoms with van der Waals surface area (Å²) in [4.78, 5) is 18.2. The Labute approximate surface area is 128 Å². The highest BCUT2D eigenvalue weighted by Gasteiger charge is 2.30. The van der Waals surface area contributed by atoms with E-state index in [1.807, 2.05) is 32.6 Å². The summed E-state index contributed by atoms with van der Waals surface area (Å²) in [6.45, 7) is 4.57. The molecular weight excluding hydrogens is 290 g/mol. The van der Waals surface area contributed by atoms with Gasteiger partial charge in [-0.3, -0.25) is 9.48 Å². The third-order valence-corrected chi connectivity index (χ3v) is 4.38. The van der Waals surface area contributed by atoms with E-state index in [-0.39, 0.29) is 17.3 Å². The number of hydrogen-bond donors (Lipinski definition) is 0. The molecule has 1 fully saturated rings. The van der Waals surface area contributed by atoms with Crippen LogP contribution in [0.4, 0.5) is 0 Å². The summed E-state index contributed by atoms with van der Waals surface area (Å²) in [6, 6.07) is 0.198. The van der Waals surface area contributed by atoms with Gasteiger partial charge >= 0.3 is 0 Å². The van der Waals surface area contributed by atoms with E-state index in [0.717, 1.165) is 29.1 Å². The van der Waals surface area contributed by atoms with Gasteiger partial charge in [0, 0.05) is 27.1 Å². The van der Waals surface area contributed by atoms with Gasteiger partial charge in [-0.1, -0.05) is 0 Å². The second-order valence-corrected chi connectivity index (χ2v) is 6.46. The molecule has 1 aliphatic heterocycles. The number of aryl methyl sites for hydroxylation is 2. The molecule has 0 N–H and O–H groups in total. The Bertz CT molecular complexity index is 702. The van der Waals surface area contributed by atoms with Gasteiger partial charge < -0.3 is 9.47 Å². The maximum absolute atomic E-state index is 11.7. The zero-order chi connectivity index (χ0) is 15.3. The van der Waals surface area contributed by atoms with Crippen LogP contribution in [-0.2, 0) is 11.8 Å². The molecule has 2 atom stereocenters. The first-order chi connectivity index (χ1) is 9.90. The Morgan fingerprint density at radius 3 is 2.71 bits per heavy atom. The molecule has 3 rings (SSSR count). The van der Waals surface area contributed by atoms with Crippen molar-refractivity contribution in [2.75, 3.05) is 13.6 Å². The first-order valence-corrected chi connectivity index (χ1v) is 7.63. The van der Waals surface area contributed by atoms with Crippen molar-refractivity contribution in [3.8, 4) is 0 Å². The number of carbonyl (C=O) groups is 1. The second-order valence-electron chi connectivity index (χ2n) is 5.80. The fourth-order valence-electron chi connectivity index (χ4n) is 3.15. The average Bonchev–Trinajstić information content (AvgIpc) is 2.93. The van der Waals surface area contributed by atoms with Crippen LogP contribution in [0.3, 0.4) is 0 Å².